The van der Waals surface area contributed by atoms with Gasteiger partial charge in [-0.15, -0.1) is 0 Å². The Hall–Kier alpha value is -2.81. The van der Waals surface area contributed by atoms with E-state index in [1.54, 1.807) is 0 Å². The second-order valence-electron chi connectivity index (χ2n) is 9.71. The third-order valence-corrected chi connectivity index (χ3v) is 5.70. The fourth-order valence-electron chi connectivity index (χ4n) is 4.23. The first-order chi connectivity index (χ1) is 15.0. The van der Waals surface area contributed by atoms with Gasteiger partial charge in [0.1, 0.15) is 12.2 Å². The van der Waals surface area contributed by atoms with Gasteiger partial charge < -0.3 is 30.0 Å². The maximum absolute atomic E-state index is 11.9. The third kappa shape index (κ3) is 6.85. The molecule has 0 unspecified atom stereocenters. The molecule has 9 nitrogen and oxygen atoms in total. The summed E-state index contributed by atoms with van der Waals surface area (Å²) in [5, 5.41) is 14.6. The van der Waals surface area contributed by atoms with Crippen molar-refractivity contribution in [3.8, 4) is 0 Å². The Morgan fingerprint density at radius 3 is 2.34 bits per heavy atom. The normalized spacial score (nSPS) is 25.1. The Kier molecular flexibility index (Phi) is 7.28. The van der Waals surface area contributed by atoms with Crippen molar-refractivity contribution < 1.29 is 33.7 Å². The van der Waals surface area contributed by atoms with E-state index in [0.717, 1.165) is 31.2 Å². The van der Waals surface area contributed by atoms with Crippen LogP contribution in [-0.4, -0.2) is 53.7 Å². The lowest BCUT2D eigenvalue weighted by atomic mass is 9.53. The van der Waals surface area contributed by atoms with Gasteiger partial charge in [0.25, 0.3) is 0 Å². The Morgan fingerprint density at radius 1 is 1.09 bits per heavy atom. The number of aliphatic carboxylic acids is 1. The van der Waals surface area contributed by atoms with Gasteiger partial charge in [0.2, 0.25) is 0 Å². The molecule has 2 amide bonds. The number of nitrogens with one attached hydrogen (secondary N) is 2. The minimum Gasteiger partial charge on any atom is -0.480 e. The van der Waals surface area contributed by atoms with Crippen LogP contribution in [0, 0.1) is 5.41 Å². The van der Waals surface area contributed by atoms with Gasteiger partial charge in [0.05, 0.1) is 12.7 Å². The molecular formula is C23H32N2O7. The zero-order valence-corrected chi connectivity index (χ0v) is 18.8. The maximum atomic E-state index is 11.9. The molecule has 9 heteroatoms. The lowest BCUT2D eigenvalue weighted by Crippen LogP contribution is -2.59. The average Bonchev–Trinajstić information content (AvgIpc) is 2.64. The van der Waals surface area contributed by atoms with Gasteiger partial charge >= 0.3 is 18.2 Å². The Bertz CT molecular complexity index is 807. The van der Waals surface area contributed by atoms with Gasteiger partial charge in [0.15, 0.2) is 6.04 Å². The number of hydrogen-bond donors (Lipinski definition) is 3. The highest BCUT2D eigenvalue weighted by atomic mass is 16.6. The SMILES string of the molecule is CC(C)(C)OC(=O)NC1CC2(C1)CC(OC[C@H](NC(=O)OCc1ccccc1)C(=O)O)C2. The molecule has 2 aliphatic rings. The summed E-state index contributed by atoms with van der Waals surface area (Å²) in [5.74, 6) is -1.18. The molecule has 2 aliphatic carbocycles. The molecule has 0 aliphatic heterocycles. The van der Waals surface area contributed by atoms with Crippen molar-refractivity contribution in [2.45, 2.75) is 76.9 Å². The van der Waals surface area contributed by atoms with E-state index in [-0.39, 0.29) is 30.8 Å². The minimum absolute atomic E-state index is 0.0542. The highest BCUT2D eigenvalue weighted by Crippen LogP contribution is 2.56. The van der Waals surface area contributed by atoms with Gasteiger partial charge in [-0.2, -0.15) is 0 Å². The molecule has 0 saturated heterocycles. The van der Waals surface area contributed by atoms with Gasteiger partial charge in [-0.1, -0.05) is 30.3 Å². The largest absolute Gasteiger partial charge is 0.480 e. The van der Waals surface area contributed by atoms with Crippen LogP contribution in [0.25, 0.3) is 0 Å². The molecule has 176 valence electrons. The fourth-order valence-corrected chi connectivity index (χ4v) is 4.23. The summed E-state index contributed by atoms with van der Waals surface area (Å²) in [6.45, 7) is 5.40. The van der Waals surface area contributed by atoms with Crippen LogP contribution in [0.3, 0.4) is 0 Å². The van der Waals surface area contributed by atoms with Crippen molar-refractivity contribution in [2.24, 2.45) is 5.41 Å². The van der Waals surface area contributed by atoms with Crippen molar-refractivity contribution in [3.63, 3.8) is 0 Å². The van der Waals surface area contributed by atoms with Crippen LogP contribution in [0.1, 0.15) is 52.0 Å². The Labute approximate surface area is 187 Å². The zero-order valence-electron chi connectivity index (χ0n) is 18.8. The lowest BCUT2D eigenvalue weighted by molar-refractivity contribution is -0.149. The standard InChI is InChI=1S/C23H32N2O7/c1-22(2,3)32-21(29)24-16-9-23(10-16)11-17(12-23)30-14-18(19(26)27)25-20(28)31-13-15-7-5-4-6-8-15/h4-8,16-18H,9-14H2,1-3H3,(H,24,29)(H,25,28)(H,26,27)/t16?,17?,18-,23?/m0/s1. The van der Waals surface area contributed by atoms with Crippen LogP contribution >= 0.6 is 0 Å². The molecule has 0 aromatic heterocycles. The minimum atomic E-state index is -1.18. The number of hydrogen-bond acceptors (Lipinski definition) is 6. The Morgan fingerprint density at radius 2 is 1.75 bits per heavy atom. The summed E-state index contributed by atoms with van der Waals surface area (Å²) in [7, 11) is 0. The van der Waals surface area contributed by atoms with E-state index in [1.807, 2.05) is 51.1 Å². The fraction of sp³-hybridized carbons (Fsp3) is 0.609. The van der Waals surface area contributed by atoms with Crippen LogP contribution in [0.15, 0.2) is 30.3 Å². The first kappa shape index (κ1) is 23.8. The predicted molar refractivity (Wildman–Crippen MR) is 115 cm³/mol. The summed E-state index contributed by atoms with van der Waals surface area (Å²) < 4.78 is 16.1. The Balaban J connectivity index is 1.32. The van der Waals surface area contributed by atoms with Crippen molar-refractivity contribution in [2.75, 3.05) is 6.61 Å². The average molecular weight is 449 g/mol. The van der Waals surface area contributed by atoms with Gasteiger partial charge in [-0.25, -0.2) is 14.4 Å². The number of ether oxygens (including phenoxy) is 3. The maximum Gasteiger partial charge on any atom is 0.408 e. The first-order valence-corrected chi connectivity index (χ1v) is 10.8. The predicted octanol–water partition coefficient (Wildman–Crippen LogP) is 3.22. The summed E-state index contributed by atoms with van der Waals surface area (Å²) in [6, 6.07) is 8.04. The molecule has 0 radical (unpaired) electrons. The number of carboxylic acid groups (broad SMARTS) is 1. The second-order valence-corrected chi connectivity index (χ2v) is 9.71. The molecule has 1 spiro atoms. The van der Waals surface area contributed by atoms with Crippen LogP contribution in [-0.2, 0) is 25.6 Å². The van der Waals surface area contributed by atoms with E-state index in [4.69, 9.17) is 14.2 Å². The number of alkyl carbamates (subject to hydrolysis) is 2. The molecule has 2 fully saturated rings. The van der Waals surface area contributed by atoms with Crippen molar-refractivity contribution >= 4 is 18.2 Å². The van der Waals surface area contributed by atoms with Crippen LogP contribution < -0.4 is 10.6 Å². The molecule has 32 heavy (non-hydrogen) atoms. The molecule has 3 N–H and O–H groups in total. The van der Waals surface area contributed by atoms with Crippen LogP contribution in [0.2, 0.25) is 0 Å². The van der Waals surface area contributed by atoms with E-state index in [1.165, 1.54) is 0 Å². The number of rotatable bonds is 8. The number of carbonyl (C=O) groups is 3. The highest BCUT2D eigenvalue weighted by Gasteiger charge is 2.54. The van der Waals surface area contributed by atoms with Crippen LogP contribution in [0.5, 0.6) is 0 Å². The van der Waals surface area contributed by atoms with E-state index in [0.29, 0.717) is 0 Å². The second kappa shape index (κ2) is 9.77. The van der Waals surface area contributed by atoms with Gasteiger partial charge in [0, 0.05) is 6.04 Å². The topological polar surface area (TPSA) is 123 Å². The molecule has 0 bridgehead atoms. The lowest BCUT2D eigenvalue weighted by Gasteiger charge is -2.57. The monoisotopic (exact) mass is 448 g/mol. The summed E-state index contributed by atoms with van der Waals surface area (Å²) in [5.41, 5.74) is 0.430. The van der Waals surface area contributed by atoms with Crippen molar-refractivity contribution in [3.05, 3.63) is 35.9 Å². The number of benzene rings is 1. The first-order valence-electron chi connectivity index (χ1n) is 10.8. The smallest absolute Gasteiger partial charge is 0.408 e. The highest BCUT2D eigenvalue weighted by molar-refractivity contribution is 5.80. The molecule has 3 rings (SSSR count). The van der Waals surface area contributed by atoms with E-state index in [9.17, 15) is 19.5 Å². The molecule has 2 saturated carbocycles. The third-order valence-electron chi connectivity index (χ3n) is 5.70. The molecule has 1 aromatic carbocycles. The molecule has 1 atom stereocenters. The summed E-state index contributed by atoms with van der Waals surface area (Å²) in [4.78, 5) is 35.2. The van der Waals surface area contributed by atoms with E-state index < -0.39 is 29.8 Å². The van der Waals surface area contributed by atoms with Gasteiger partial charge in [-0.05, 0) is 57.4 Å². The number of carboxylic acids is 1. The van der Waals surface area contributed by atoms with Crippen molar-refractivity contribution in [1.82, 2.24) is 10.6 Å². The summed E-state index contributed by atoms with van der Waals surface area (Å²) in [6.07, 6.45) is 2.08. The van der Waals surface area contributed by atoms with Crippen molar-refractivity contribution in [1.29, 1.82) is 0 Å². The number of carbonyl (C=O) groups excluding carboxylic acids is 2. The molecule has 1 aromatic rings. The van der Waals surface area contributed by atoms with E-state index in [2.05, 4.69) is 10.6 Å². The van der Waals surface area contributed by atoms with Crippen LogP contribution in [0.4, 0.5) is 9.59 Å². The zero-order chi connectivity index (χ0) is 23.4. The quantitative estimate of drug-likeness (QED) is 0.558. The molecule has 0 heterocycles. The van der Waals surface area contributed by atoms with Gasteiger partial charge in [-0.3, -0.25) is 0 Å². The number of amides is 2. The summed E-state index contributed by atoms with van der Waals surface area (Å²) >= 11 is 0. The molecular weight excluding hydrogens is 416 g/mol. The van der Waals surface area contributed by atoms with E-state index >= 15 is 0 Å².